The van der Waals surface area contributed by atoms with E-state index < -0.39 is 0 Å². The normalized spacial score (nSPS) is 13.6. The lowest BCUT2D eigenvalue weighted by molar-refractivity contribution is -0.143. The van der Waals surface area contributed by atoms with Gasteiger partial charge in [-0.15, -0.1) is 5.10 Å². The maximum Gasteiger partial charge on any atom is 0.306 e. The minimum absolute atomic E-state index is 0.135. The van der Waals surface area contributed by atoms with Gasteiger partial charge in [-0.1, -0.05) is 35.0 Å². The van der Waals surface area contributed by atoms with Crippen molar-refractivity contribution >= 4 is 34.5 Å². The monoisotopic (exact) mass is 562 g/mol. The maximum absolute atomic E-state index is 13.4. The number of amides is 1. The number of aryl methyl sites for hydroxylation is 1. The van der Waals surface area contributed by atoms with Crippen molar-refractivity contribution in [1.29, 1.82) is 0 Å². The molecule has 0 bridgehead atoms. The van der Waals surface area contributed by atoms with Crippen molar-refractivity contribution in [3.8, 4) is 11.5 Å². The zero-order chi connectivity index (χ0) is 28.4. The number of carbonyl (C=O) groups excluding carboxylic acids is 2. The molecule has 0 radical (unpaired) electrons. The van der Waals surface area contributed by atoms with Crippen LogP contribution in [-0.4, -0.2) is 59.1 Å². The van der Waals surface area contributed by atoms with E-state index in [1.807, 2.05) is 37.4 Å². The number of halogens is 1. The molecule has 0 fully saturated rings. The number of esters is 1. The molecule has 5 rings (SSSR count). The molecule has 10 heteroatoms. The molecular weight excluding hydrogens is 532 g/mol. The smallest absolute Gasteiger partial charge is 0.306 e. The number of methoxy groups -OCH3 is 2. The van der Waals surface area contributed by atoms with Crippen LogP contribution in [0.1, 0.15) is 51.9 Å². The molecular formula is C30H31ClN4O5. The fraction of sp³-hybridized carbons (Fsp3) is 0.333. The molecule has 3 aromatic carbocycles. The van der Waals surface area contributed by atoms with E-state index in [4.69, 9.17) is 25.8 Å². The lowest BCUT2D eigenvalue weighted by Gasteiger charge is -2.32. The Hall–Kier alpha value is -4.11. The number of aromatic nitrogens is 3. The molecule has 0 N–H and O–H groups in total. The Balaban J connectivity index is 1.52. The molecule has 0 unspecified atom stereocenters. The van der Waals surface area contributed by atoms with Gasteiger partial charge in [0.1, 0.15) is 22.5 Å². The minimum atomic E-state index is -0.299. The lowest BCUT2D eigenvalue weighted by Crippen LogP contribution is -2.36. The molecule has 1 atom stereocenters. The average molecular weight is 563 g/mol. The van der Waals surface area contributed by atoms with Crippen molar-refractivity contribution in [2.75, 3.05) is 27.4 Å². The van der Waals surface area contributed by atoms with Gasteiger partial charge in [0, 0.05) is 26.1 Å². The van der Waals surface area contributed by atoms with E-state index in [-0.39, 0.29) is 24.2 Å². The molecule has 0 spiro atoms. The molecule has 1 aromatic heterocycles. The number of ether oxygens (including phenoxy) is 3. The fourth-order valence-corrected chi connectivity index (χ4v) is 5.68. The van der Waals surface area contributed by atoms with Gasteiger partial charge >= 0.3 is 5.97 Å². The number of nitrogens with zero attached hydrogens (tertiary/aromatic N) is 4. The predicted molar refractivity (Wildman–Crippen MR) is 151 cm³/mol. The summed E-state index contributed by atoms with van der Waals surface area (Å²) in [5, 5.41) is 8.80. The second-order valence-corrected chi connectivity index (χ2v) is 10.1. The average Bonchev–Trinajstić information content (AvgIpc) is 3.35. The predicted octanol–water partition coefficient (Wildman–Crippen LogP) is 4.92. The molecule has 40 heavy (non-hydrogen) atoms. The van der Waals surface area contributed by atoms with Gasteiger partial charge in [0.15, 0.2) is 0 Å². The van der Waals surface area contributed by atoms with Crippen LogP contribution in [0.4, 0.5) is 0 Å². The highest BCUT2D eigenvalue weighted by molar-refractivity contribution is 6.34. The third-order valence-corrected chi connectivity index (χ3v) is 7.67. The molecule has 208 valence electrons. The SMILES string of the molecule is CCOC(=O)C[C@H](c1cc(OC)c2c(c1)nnn2C)c1cccc2c1CCN(C(=O)c1ccc(OC)cc1Cl)C2. The Kier molecular flexibility index (Phi) is 7.93. The second-order valence-electron chi connectivity index (χ2n) is 9.67. The fourth-order valence-electron chi connectivity index (χ4n) is 5.43. The van der Waals surface area contributed by atoms with Crippen molar-refractivity contribution in [2.24, 2.45) is 7.05 Å². The number of hydrogen-bond acceptors (Lipinski definition) is 7. The van der Waals surface area contributed by atoms with Crippen molar-refractivity contribution < 1.29 is 23.8 Å². The number of fused-ring (bicyclic) bond motifs is 2. The summed E-state index contributed by atoms with van der Waals surface area (Å²) < 4.78 is 17.9. The lowest BCUT2D eigenvalue weighted by atomic mass is 9.82. The Morgan fingerprint density at radius 3 is 2.65 bits per heavy atom. The molecule has 2 heterocycles. The summed E-state index contributed by atoms with van der Waals surface area (Å²) in [6, 6.07) is 15.0. The van der Waals surface area contributed by atoms with Crippen LogP contribution < -0.4 is 9.47 Å². The van der Waals surface area contributed by atoms with Gasteiger partial charge in [-0.2, -0.15) is 0 Å². The molecule has 1 aliphatic heterocycles. The summed E-state index contributed by atoms with van der Waals surface area (Å²) in [5.74, 6) is 0.508. The molecule has 0 saturated carbocycles. The number of hydrogen-bond donors (Lipinski definition) is 0. The zero-order valence-electron chi connectivity index (χ0n) is 22.9. The van der Waals surface area contributed by atoms with Crippen LogP contribution in [0, 0.1) is 0 Å². The topological polar surface area (TPSA) is 95.8 Å². The van der Waals surface area contributed by atoms with Gasteiger partial charge in [0.05, 0.1) is 37.8 Å². The van der Waals surface area contributed by atoms with Crippen LogP contribution in [0.25, 0.3) is 11.0 Å². The Labute approximate surface area is 237 Å². The quantitative estimate of drug-likeness (QED) is 0.281. The van der Waals surface area contributed by atoms with Gasteiger partial charge < -0.3 is 19.1 Å². The molecule has 0 saturated heterocycles. The summed E-state index contributed by atoms with van der Waals surface area (Å²) in [6.07, 6.45) is 0.790. The Morgan fingerprint density at radius 1 is 1.10 bits per heavy atom. The highest BCUT2D eigenvalue weighted by Crippen LogP contribution is 2.38. The highest BCUT2D eigenvalue weighted by Gasteiger charge is 2.29. The molecule has 0 aliphatic carbocycles. The summed E-state index contributed by atoms with van der Waals surface area (Å²) in [5.41, 5.74) is 5.96. The van der Waals surface area contributed by atoms with Crippen LogP contribution >= 0.6 is 11.6 Å². The van der Waals surface area contributed by atoms with E-state index in [0.717, 1.165) is 27.8 Å². The molecule has 9 nitrogen and oxygen atoms in total. The van der Waals surface area contributed by atoms with Gasteiger partial charge in [-0.05, 0) is 65.9 Å². The van der Waals surface area contributed by atoms with Gasteiger partial charge in [0.25, 0.3) is 5.91 Å². The van der Waals surface area contributed by atoms with E-state index in [2.05, 4.69) is 10.3 Å². The largest absolute Gasteiger partial charge is 0.497 e. The van der Waals surface area contributed by atoms with Crippen molar-refractivity contribution in [3.63, 3.8) is 0 Å². The van der Waals surface area contributed by atoms with Crippen molar-refractivity contribution in [1.82, 2.24) is 19.9 Å². The van der Waals surface area contributed by atoms with Crippen LogP contribution in [0.15, 0.2) is 48.5 Å². The minimum Gasteiger partial charge on any atom is -0.497 e. The summed E-state index contributed by atoms with van der Waals surface area (Å²) in [7, 11) is 4.98. The second kappa shape index (κ2) is 11.6. The number of benzene rings is 3. The van der Waals surface area contributed by atoms with E-state index in [1.165, 1.54) is 0 Å². The van der Waals surface area contributed by atoms with E-state index >= 15 is 0 Å². The van der Waals surface area contributed by atoms with Crippen molar-refractivity contribution in [2.45, 2.75) is 32.2 Å². The zero-order valence-corrected chi connectivity index (χ0v) is 23.7. The summed E-state index contributed by atoms with van der Waals surface area (Å²) in [6.45, 7) is 3.05. The summed E-state index contributed by atoms with van der Waals surface area (Å²) in [4.78, 5) is 28.0. The molecule has 4 aromatic rings. The number of carbonyl (C=O) groups is 2. The summed E-state index contributed by atoms with van der Waals surface area (Å²) >= 11 is 6.41. The molecule has 1 aliphatic rings. The van der Waals surface area contributed by atoms with Crippen molar-refractivity contribution in [3.05, 3.63) is 81.4 Å². The first-order valence-corrected chi connectivity index (χ1v) is 13.5. The Bertz CT molecular complexity index is 1580. The molecule has 1 amide bonds. The maximum atomic E-state index is 13.4. The van der Waals surface area contributed by atoms with Gasteiger partial charge in [-0.25, -0.2) is 4.68 Å². The van der Waals surface area contributed by atoms with Crippen LogP contribution in [0.3, 0.4) is 0 Å². The van der Waals surface area contributed by atoms with E-state index in [1.54, 1.807) is 48.9 Å². The first-order valence-electron chi connectivity index (χ1n) is 13.1. The third-order valence-electron chi connectivity index (χ3n) is 7.36. The van der Waals surface area contributed by atoms with E-state index in [0.29, 0.717) is 53.7 Å². The standard InChI is InChI=1S/C30H31ClN4O5/c1-5-40-28(36)16-24(19-13-26-29(27(14-19)39-4)34(2)33-32-26)22-8-6-7-18-17-35(12-11-21(18)22)30(37)23-10-9-20(38-3)15-25(23)31/h6-10,13-15,24H,5,11-12,16-17H2,1-4H3/t24-/m1/s1. The Morgan fingerprint density at radius 2 is 1.93 bits per heavy atom. The number of rotatable bonds is 8. The van der Waals surface area contributed by atoms with Crippen LogP contribution in [-0.2, 0) is 29.5 Å². The van der Waals surface area contributed by atoms with Gasteiger partial charge in [-0.3, -0.25) is 9.59 Å². The van der Waals surface area contributed by atoms with Crippen LogP contribution in [0.5, 0.6) is 11.5 Å². The van der Waals surface area contributed by atoms with E-state index in [9.17, 15) is 9.59 Å². The third kappa shape index (κ3) is 5.21. The van der Waals surface area contributed by atoms with Crippen LogP contribution in [0.2, 0.25) is 5.02 Å². The van der Waals surface area contributed by atoms with Gasteiger partial charge in [0.2, 0.25) is 0 Å². The highest BCUT2D eigenvalue weighted by atomic mass is 35.5. The first kappa shape index (κ1) is 27.5. The first-order chi connectivity index (χ1) is 19.3.